The molecular formula is C17H13N3O3. The van der Waals surface area contributed by atoms with E-state index in [9.17, 15) is 4.79 Å². The molecule has 1 aromatic carbocycles. The first-order valence-corrected chi connectivity index (χ1v) is 6.85. The van der Waals surface area contributed by atoms with Crippen LogP contribution in [0.2, 0.25) is 0 Å². The minimum absolute atomic E-state index is 0.239. The second kappa shape index (κ2) is 6.57. The first-order valence-electron chi connectivity index (χ1n) is 6.85. The Balaban J connectivity index is 1.69. The fourth-order valence-corrected chi connectivity index (χ4v) is 1.95. The molecule has 0 radical (unpaired) electrons. The summed E-state index contributed by atoms with van der Waals surface area (Å²) in [5.74, 6) is 0.280. The van der Waals surface area contributed by atoms with E-state index in [0.717, 1.165) is 11.3 Å². The maximum Gasteiger partial charge on any atom is 0.335 e. The van der Waals surface area contributed by atoms with Crippen LogP contribution in [0.25, 0.3) is 11.3 Å². The van der Waals surface area contributed by atoms with E-state index in [1.165, 1.54) is 0 Å². The van der Waals surface area contributed by atoms with Crippen molar-refractivity contribution >= 4 is 17.9 Å². The molecule has 0 saturated heterocycles. The van der Waals surface area contributed by atoms with Crippen LogP contribution in [-0.4, -0.2) is 22.3 Å². The molecule has 0 bridgehead atoms. The molecule has 6 nitrogen and oxygen atoms in total. The number of carboxylic acid groups (broad SMARTS) is 1. The molecule has 2 aromatic heterocycles. The van der Waals surface area contributed by atoms with Crippen LogP contribution in [-0.2, 0) is 0 Å². The van der Waals surface area contributed by atoms with E-state index >= 15 is 0 Å². The number of rotatable bonds is 5. The Hall–Kier alpha value is -3.41. The molecule has 2 N–H and O–H groups in total. The number of hydrazone groups is 1. The molecule has 2 heterocycles. The van der Waals surface area contributed by atoms with Crippen LogP contribution in [0.3, 0.4) is 0 Å². The van der Waals surface area contributed by atoms with Crippen molar-refractivity contribution in [1.29, 1.82) is 0 Å². The Morgan fingerprint density at radius 1 is 1.09 bits per heavy atom. The average molecular weight is 307 g/mol. The average Bonchev–Trinajstić information content (AvgIpc) is 3.05. The minimum Gasteiger partial charge on any atom is -0.478 e. The number of hydrogen-bond donors (Lipinski definition) is 2. The second-order valence-corrected chi connectivity index (χ2v) is 4.69. The summed E-state index contributed by atoms with van der Waals surface area (Å²) >= 11 is 0. The van der Waals surface area contributed by atoms with Gasteiger partial charge in [-0.1, -0.05) is 12.1 Å². The van der Waals surface area contributed by atoms with Crippen molar-refractivity contribution in [2.45, 2.75) is 0 Å². The van der Waals surface area contributed by atoms with E-state index < -0.39 is 5.97 Å². The predicted molar refractivity (Wildman–Crippen MR) is 86.6 cm³/mol. The quantitative estimate of drug-likeness (QED) is 0.556. The van der Waals surface area contributed by atoms with Gasteiger partial charge in [0.1, 0.15) is 11.5 Å². The molecule has 114 valence electrons. The number of aromatic nitrogens is 1. The van der Waals surface area contributed by atoms with E-state index in [2.05, 4.69) is 15.5 Å². The number of pyridine rings is 1. The lowest BCUT2D eigenvalue weighted by Gasteiger charge is -1.98. The molecule has 0 aliphatic carbocycles. The Morgan fingerprint density at radius 3 is 2.52 bits per heavy atom. The first kappa shape index (κ1) is 14.5. The summed E-state index contributed by atoms with van der Waals surface area (Å²) in [5.41, 5.74) is 4.73. The van der Waals surface area contributed by atoms with Gasteiger partial charge in [0.15, 0.2) is 0 Å². The molecular weight excluding hydrogens is 294 g/mol. The van der Waals surface area contributed by atoms with Crippen molar-refractivity contribution in [1.82, 2.24) is 4.98 Å². The summed E-state index contributed by atoms with van der Waals surface area (Å²) in [5, 5.41) is 13.0. The Bertz CT molecular complexity index is 824. The van der Waals surface area contributed by atoms with Crippen LogP contribution in [0.1, 0.15) is 16.1 Å². The third-order valence-electron chi connectivity index (χ3n) is 3.11. The van der Waals surface area contributed by atoms with Gasteiger partial charge in [0.05, 0.1) is 17.5 Å². The van der Waals surface area contributed by atoms with Crippen LogP contribution in [0.15, 0.2) is 70.4 Å². The predicted octanol–water partition coefficient (Wildman–Crippen LogP) is 3.49. The zero-order valence-corrected chi connectivity index (χ0v) is 12.0. The molecule has 6 heteroatoms. The van der Waals surface area contributed by atoms with Gasteiger partial charge in [0, 0.05) is 18.0 Å². The Labute approximate surface area is 132 Å². The maximum atomic E-state index is 10.8. The van der Waals surface area contributed by atoms with Crippen LogP contribution in [0, 0.1) is 0 Å². The monoisotopic (exact) mass is 307 g/mol. The highest BCUT2D eigenvalue weighted by molar-refractivity contribution is 5.88. The zero-order valence-electron chi connectivity index (χ0n) is 12.0. The summed E-state index contributed by atoms with van der Waals surface area (Å²) in [6.45, 7) is 0. The number of benzene rings is 1. The Kier molecular flexibility index (Phi) is 4.15. The van der Waals surface area contributed by atoms with Gasteiger partial charge in [-0.05, 0) is 36.4 Å². The molecule has 0 amide bonds. The largest absolute Gasteiger partial charge is 0.478 e. The van der Waals surface area contributed by atoms with Gasteiger partial charge in [-0.25, -0.2) is 4.79 Å². The lowest BCUT2D eigenvalue weighted by atomic mass is 10.1. The van der Waals surface area contributed by atoms with E-state index in [-0.39, 0.29) is 5.56 Å². The van der Waals surface area contributed by atoms with Gasteiger partial charge in [0.2, 0.25) is 0 Å². The molecule has 0 atom stereocenters. The van der Waals surface area contributed by atoms with Crippen molar-refractivity contribution in [2.24, 2.45) is 5.10 Å². The minimum atomic E-state index is -0.953. The molecule has 3 aromatic rings. The summed E-state index contributed by atoms with van der Waals surface area (Å²) in [6.07, 6.45) is 4.91. The lowest BCUT2D eigenvalue weighted by molar-refractivity contribution is 0.0697. The van der Waals surface area contributed by atoms with Crippen LogP contribution < -0.4 is 5.43 Å². The van der Waals surface area contributed by atoms with Gasteiger partial charge in [-0.3, -0.25) is 10.4 Å². The molecule has 0 saturated carbocycles. The summed E-state index contributed by atoms with van der Waals surface area (Å²) in [7, 11) is 0. The molecule has 23 heavy (non-hydrogen) atoms. The molecule has 0 spiro atoms. The highest BCUT2D eigenvalue weighted by atomic mass is 16.4. The van der Waals surface area contributed by atoms with Crippen molar-refractivity contribution in [3.63, 3.8) is 0 Å². The molecule has 3 rings (SSSR count). The van der Waals surface area contributed by atoms with Gasteiger partial charge in [-0.15, -0.1) is 0 Å². The van der Waals surface area contributed by atoms with E-state index in [1.54, 1.807) is 61.1 Å². The van der Waals surface area contributed by atoms with Crippen molar-refractivity contribution < 1.29 is 14.3 Å². The number of carbonyl (C=O) groups is 1. The van der Waals surface area contributed by atoms with Gasteiger partial charge in [0.25, 0.3) is 0 Å². The number of nitrogens with zero attached hydrogens (tertiary/aromatic N) is 2. The number of furan rings is 1. The van der Waals surface area contributed by atoms with Crippen molar-refractivity contribution in [3.05, 3.63) is 72.2 Å². The highest BCUT2D eigenvalue weighted by Gasteiger charge is 2.06. The number of aromatic carboxylic acids is 1. The fraction of sp³-hybridized carbons (Fsp3) is 0. The van der Waals surface area contributed by atoms with Crippen LogP contribution >= 0.6 is 0 Å². The van der Waals surface area contributed by atoms with Crippen LogP contribution in [0.4, 0.5) is 5.69 Å². The van der Waals surface area contributed by atoms with Gasteiger partial charge < -0.3 is 9.52 Å². The fourth-order valence-electron chi connectivity index (χ4n) is 1.95. The van der Waals surface area contributed by atoms with E-state index in [1.807, 2.05) is 6.07 Å². The maximum absolute atomic E-state index is 10.8. The third-order valence-corrected chi connectivity index (χ3v) is 3.11. The van der Waals surface area contributed by atoms with E-state index in [0.29, 0.717) is 11.5 Å². The van der Waals surface area contributed by atoms with Crippen molar-refractivity contribution in [3.8, 4) is 11.3 Å². The SMILES string of the molecule is O=C(O)c1ccc(-c2ccc(/C=N/Nc3ccncc3)o2)cc1. The smallest absolute Gasteiger partial charge is 0.335 e. The number of carboxylic acids is 1. The first-order chi connectivity index (χ1) is 11.2. The standard InChI is InChI=1S/C17H13N3O3/c21-17(22)13-3-1-12(2-4-13)16-6-5-15(23-16)11-19-20-14-7-9-18-10-8-14/h1-11H,(H,18,20)(H,21,22)/b19-11+. The lowest BCUT2D eigenvalue weighted by Crippen LogP contribution is -1.94. The molecule has 0 fully saturated rings. The van der Waals surface area contributed by atoms with Gasteiger partial charge in [-0.2, -0.15) is 5.10 Å². The second-order valence-electron chi connectivity index (χ2n) is 4.69. The Morgan fingerprint density at radius 2 is 1.83 bits per heavy atom. The zero-order chi connectivity index (χ0) is 16.1. The molecule has 0 aliphatic rings. The summed E-state index contributed by atoms with van der Waals surface area (Å²) < 4.78 is 5.66. The normalized spacial score (nSPS) is 10.8. The van der Waals surface area contributed by atoms with Crippen molar-refractivity contribution in [2.75, 3.05) is 5.43 Å². The van der Waals surface area contributed by atoms with Gasteiger partial charge >= 0.3 is 5.97 Å². The van der Waals surface area contributed by atoms with E-state index in [4.69, 9.17) is 9.52 Å². The molecule has 0 aliphatic heterocycles. The third kappa shape index (κ3) is 3.62. The highest BCUT2D eigenvalue weighted by Crippen LogP contribution is 2.22. The number of hydrogen-bond acceptors (Lipinski definition) is 5. The summed E-state index contributed by atoms with van der Waals surface area (Å²) in [6, 6.07) is 13.7. The number of anilines is 1. The van der Waals surface area contributed by atoms with Crippen LogP contribution in [0.5, 0.6) is 0 Å². The summed E-state index contributed by atoms with van der Waals surface area (Å²) in [4.78, 5) is 14.8. The topological polar surface area (TPSA) is 87.7 Å². The number of nitrogens with one attached hydrogen (secondary N) is 1. The molecule has 0 unspecified atom stereocenters.